The van der Waals surface area contributed by atoms with Crippen LogP contribution in [0.15, 0.2) is 52.8 Å². The third kappa shape index (κ3) is 9.12. The Hall–Kier alpha value is -3.25. The molecule has 0 fully saturated rings. The number of hydrogen-bond acceptors (Lipinski definition) is 5. The van der Waals surface area contributed by atoms with Gasteiger partial charge in [-0.1, -0.05) is 45.4 Å². The second-order valence-electron chi connectivity index (χ2n) is 11.3. The summed E-state index contributed by atoms with van der Waals surface area (Å²) < 4.78 is 0. The first-order valence-corrected chi connectivity index (χ1v) is 15.3. The summed E-state index contributed by atoms with van der Waals surface area (Å²) >= 11 is 0. The van der Waals surface area contributed by atoms with Crippen molar-refractivity contribution >= 4 is 23.4 Å². The lowest BCUT2D eigenvalue weighted by molar-refractivity contribution is -0.115. The largest absolute Gasteiger partial charge is 0.379 e. The van der Waals surface area contributed by atoms with Gasteiger partial charge in [0.2, 0.25) is 5.91 Å². The highest BCUT2D eigenvalue weighted by Crippen LogP contribution is 2.44. The summed E-state index contributed by atoms with van der Waals surface area (Å²) in [6.07, 6.45) is 9.97. The Bertz CT molecular complexity index is 1300. The van der Waals surface area contributed by atoms with Crippen molar-refractivity contribution in [1.82, 2.24) is 15.2 Å². The number of aliphatic imine (C=N–C) groups is 1. The Morgan fingerprint density at radius 3 is 2.61 bits per heavy atom. The predicted octanol–water partition coefficient (Wildman–Crippen LogP) is 7.96. The van der Waals surface area contributed by atoms with Crippen LogP contribution in [0.1, 0.15) is 98.3 Å². The van der Waals surface area contributed by atoms with E-state index in [1.165, 1.54) is 28.7 Å². The fourth-order valence-corrected chi connectivity index (χ4v) is 5.02. The number of anilines is 1. The summed E-state index contributed by atoms with van der Waals surface area (Å²) in [6, 6.07) is 10.4. The zero-order valence-corrected chi connectivity index (χ0v) is 26.6. The van der Waals surface area contributed by atoms with E-state index in [0.717, 1.165) is 47.7 Å². The van der Waals surface area contributed by atoms with Crippen molar-refractivity contribution in [1.29, 1.82) is 0 Å². The number of carbonyl (C=O) groups excluding carboxylic acids is 1. The van der Waals surface area contributed by atoms with Crippen molar-refractivity contribution in [2.75, 3.05) is 18.9 Å². The number of aromatic nitrogens is 1. The van der Waals surface area contributed by atoms with Crippen LogP contribution in [0.25, 0.3) is 5.57 Å². The lowest BCUT2D eigenvalue weighted by Gasteiger charge is -2.21. The van der Waals surface area contributed by atoms with Crippen LogP contribution in [0.4, 0.5) is 5.69 Å². The maximum Gasteiger partial charge on any atom is 0.230 e. The molecule has 1 unspecified atom stereocenters. The van der Waals surface area contributed by atoms with Gasteiger partial charge in [0.1, 0.15) is 0 Å². The number of hydrogen-bond donors (Lipinski definition) is 2. The van der Waals surface area contributed by atoms with E-state index in [0.29, 0.717) is 5.92 Å². The number of benzene rings is 1. The van der Waals surface area contributed by atoms with Crippen LogP contribution >= 0.6 is 0 Å². The van der Waals surface area contributed by atoms with Crippen molar-refractivity contribution < 1.29 is 7.65 Å². The highest BCUT2D eigenvalue weighted by molar-refractivity contribution is 5.94. The molecule has 0 bridgehead atoms. The van der Waals surface area contributed by atoms with Crippen LogP contribution in [-0.2, 0) is 17.6 Å². The van der Waals surface area contributed by atoms with Crippen LogP contribution in [0.3, 0.4) is 0 Å². The third-order valence-corrected chi connectivity index (χ3v) is 7.54. The third-order valence-electron chi connectivity index (χ3n) is 7.54. The maximum absolute atomic E-state index is 12.9. The summed E-state index contributed by atoms with van der Waals surface area (Å²) in [6.45, 7) is 17.8. The molecule has 2 aromatic rings. The molecule has 0 saturated carbocycles. The zero-order chi connectivity index (χ0) is 30.1. The van der Waals surface area contributed by atoms with Crippen LogP contribution in [0.5, 0.6) is 0 Å². The standard InChI is InChI=1S/C33H44N5O.C2H6.2H2/c1-8-38(7)20-31(21(2)3)34-19-23(5)35-24(6)29-17-27(14-12-22(29)4)36-32(39)18-28-15-13-25-10-9-11-26-16-30(26)33(25)37-28;1-2;;/h12-17,19-21,23-24,35H,8-11,18H2,1-7H3,(H,36,39);1-2H3;2*1H/b31-20+,34-19?;;;/t23?,24-;;;/m0.../s1. The first kappa shape index (κ1) is 32.3. The number of amides is 1. The smallest absolute Gasteiger partial charge is 0.230 e. The fraction of sp³-hybridized carbons (Fsp3) is 0.486. The summed E-state index contributed by atoms with van der Waals surface area (Å²) in [7, 11) is 2.07. The molecule has 1 aromatic heterocycles. The number of nitrogens with zero attached hydrogens (tertiary/aromatic N) is 3. The molecule has 2 atom stereocenters. The van der Waals surface area contributed by atoms with Gasteiger partial charge in [0.15, 0.2) is 0 Å². The van der Waals surface area contributed by atoms with Gasteiger partial charge in [0.05, 0.1) is 23.5 Å². The molecular formula is C35H54N5O. The van der Waals surface area contributed by atoms with Crippen molar-refractivity contribution in [2.45, 2.75) is 93.2 Å². The predicted molar refractivity (Wildman–Crippen MR) is 178 cm³/mol. The van der Waals surface area contributed by atoms with Gasteiger partial charge in [0, 0.05) is 53.1 Å². The minimum Gasteiger partial charge on any atom is -0.379 e. The summed E-state index contributed by atoms with van der Waals surface area (Å²) in [5.74, 6) is 0.302. The second-order valence-corrected chi connectivity index (χ2v) is 11.3. The molecule has 6 nitrogen and oxygen atoms in total. The molecule has 1 amide bonds. The lowest BCUT2D eigenvalue weighted by atomic mass is 10.0. The Morgan fingerprint density at radius 1 is 1.15 bits per heavy atom. The van der Waals surface area contributed by atoms with E-state index in [9.17, 15) is 4.79 Å². The van der Waals surface area contributed by atoms with Gasteiger partial charge in [-0.05, 0) is 93.3 Å². The molecule has 2 N–H and O–H groups in total. The monoisotopic (exact) mass is 560 g/mol. The van der Waals surface area contributed by atoms with Crippen molar-refractivity contribution in [3.63, 3.8) is 0 Å². The van der Waals surface area contributed by atoms with Crippen molar-refractivity contribution in [3.8, 4) is 0 Å². The number of pyridine rings is 1. The normalized spacial score (nSPS) is 15.9. The van der Waals surface area contributed by atoms with Gasteiger partial charge in [-0.3, -0.25) is 14.8 Å². The number of aryl methyl sites for hydroxylation is 2. The summed E-state index contributed by atoms with van der Waals surface area (Å²) in [4.78, 5) is 24.7. The van der Waals surface area contributed by atoms with E-state index in [1.54, 1.807) is 0 Å². The Labute approximate surface area is 251 Å². The first-order chi connectivity index (χ1) is 19.6. The molecule has 1 radical (unpaired) electrons. The van der Waals surface area contributed by atoms with Gasteiger partial charge >= 0.3 is 0 Å². The van der Waals surface area contributed by atoms with E-state index in [2.05, 4.69) is 94.9 Å². The van der Waals surface area contributed by atoms with Gasteiger partial charge in [-0.15, -0.1) is 0 Å². The number of nitrogens with one attached hydrogen (secondary N) is 2. The van der Waals surface area contributed by atoms with E-state index in [1.807, 2.05) is 32.2 Å². The van der Waals surface area contributed by atoms with Crippen molar-refractivity contribution in [3.05, 3.63) is 82.3 Å². The van der Waals surface area contributed by atoms with Gasteiger partial charge in [-0.2, -0.15) is 0 Å². The summed E-state index contributed by atoms with van der Waals surface area (Å²) in [5, 5.41) is 6.73. The molecule has 1 heterocycles. The Balaban J connectivity index is 0.00000226. The Kier molecular flexibility index (Phi) is 11.9. The maximum atomic E-state index is 12.9. The lowest BCUT2D eigenvalue weighted by Crippen LogP contribution is -2.30. The first-order valence-electron chi connectivity index (χ1n) is 15.3. The molecule has 1 aromatic carbocycles. The molecule has 2 aliphatic carbocycles. The average molecular weight is 561 g/mol. The number of carbonyl (C=O) groups is 1. The number of fused-ring (bicyclic) bond motifs is 2. The van der Waals surface area contributed by atoms with Crippen LogP contribution in [-0.4, -0.2) is 41.6 Å². The minimum atomic E-state index is -0.0500. The highest BCUT2D eigenvalue weighted by Gasteiger charge is 2.29. The van der Waals surface area contributed by atoms with Gasteiger partial charge < -0.3 is 15.5 Å². The summed E-state index contributed by atoms with van der Waals surface area (Å²) in [5.41, 5.74) is 10.1. The molecule has 41 heavy (non-hydrogen) atoms. The quantitative estimate of drug-likeness (QED) is 0.274. The molecule has 2 aliphatic rings. The highest BCUT2D eigenvalue weighted by atomic mass is 16.1. The molecule has 225 valence electrons. The molecule has 4 rings (SSSR count). The van der Waals surface area contributed by atoms with Crippen LogP contribution in [0, 0.1) is 19.3 Å². The van der Waals surface area contributed by atoms with E-state index >= 15 is 0 Å². The minimum absolute atomic E-state index is 0. The molecule has 6 heteroatoms. The number of rotatable bonds is 11. The second kappa shape index (κ2) is 15.1. The van der Waals surface area contributed by atoms with Crippen LogP contribution in [0.2, 0.25) is 0 Å². The molecule has 0 spiro atoms. The molecule has 0 saturated heterocycles. The van der Waals surface area contributed by atoms with Crippen LogP contribution < -0.4 is 10.6 Å². The zero-order valence-electron chi connectivity index (χ0n) is 26.6. The fourth-order valence-electron chi connectivity index (χ4n) is 5.02. The SMILES string of the molecule is CC.CCN(C)/C=C(/N=CC(C)N[C@@H](C)c1cc(NC(=O)Cc2ccc3c(n2)C2=C([CH]2)CCC3)ccc1C)C(C)C.[HH].[HH]. The topological polar surface area (TPSA) is 69.6 Å². The number of allylic oxidation sites excluding steroid dienone is 3. The Morgan fingerprint density at radius 2 is 1.90 bits per heavy atom. The van der Waals surface area contributed by atoms with E-state index < -0.39 is 0 Å². The van der Waals surface area contributed by atoms with Crippen molar-refractivity contribution in [2.24, 2.45) is 10.9 Å². The van der Waals surface area contributed by atoms with Gasteiger partial charge in [0.25, 0.3) is 0 Å². The molecular weight excluding hydrogens is 506 g/mol. The van der Waals surface area contributed by atoms with Gasteiger partial charge in [-0.25, -0.2) is 0 Å². The van der Waals surface area contributed by atoms with E-state index in [4.69, 9.17) is 9.98 Å². The molecule has 0 aliphatic heterocycles. The van der Waals surface area contributed by atoms with E-state index in [-0.39, 0.29) is 27.3 Å². The average Bonchev–Trinajstić information content (AvgIpc) is 3.74.